The fraction of sp³-hybridized carbons (Fsp3) is 0. The number of para-hydroxylation sites is 1. The summed E-state index contributed by atoms with van der Waals surface area (Å²) in [5.41, 5.74) is 12.7. The average molecular weight is 675 g/mol. The molecule has 9 aromatic carbocycles. The summed E-state index contributed by atoms with van der Waals surface area (Å²) >= 11 is 0. The second kappa shape index (κ2) is 11.7. The van der Waals surface area contributed by atoms with Crippen LogP contribution in [0.1, 0.15) is 0 Å². The molecule has 11 rings (SSSR count). The summed E-state index contributed by atoms with van der Waals surface area (Å²) in [4.78, 5) is 10.3. The summed E-state index contributed by atoms with van der Waals surface area (Å²) in [7, 11) is 0. The van der Waals surface area contributed by atoms with Crippen molar-refractivity contribution in [2.45, 2.75) is 0 Å². The van der Waals surface area contributed by atoms with Crippen LogP contribution in [0, 0.1) is 0 Å². The van der Waals surface area contributed by atoms with Crippen molar-refractivity contribution < 1.29 is 4.42 Å². The first-order valence-electron chi connectivity index (χ1n) is 18.0. The maximum absolute atomic E-state index is 6.07. The number of hydrogen-bond donors (Lipinski definition) is 0. The fourth-order valence-electron chi connectivity index (χ4n) is 8.17. The second-order valence-corrected chi connectivity index (χ2v) is 13.7. The lowest BCUT2D eigenvalue weighted by Gasteiger charge is -2.13. The molecule has 2 heterocycles. The third-order valence-corrected chi connectivity index (χ3v) is 10.7. The van der Waals surface area contributed by atoms with Crippen LogP contribution in [0.2, 0.25) is 0 Å². The van der Waals surface area contributed by atoms with Crippen LogP contribution in [0.5, 0.6) is 0 Å². The monoisotopic (exact) mass is 674 g/mol. The van der Waals surface area contributed by atoms with Gasteiger partial charge in [0.15, 0.2) is 0 Å². The lowest BCUT2D eigenvalue weighted by Crippen LogP contribution is -1.92. The molecule has 0 radical (unpaired) electrons. The topological polar surface area (TPSA) is 38.9 Å². The van der Waals surface area contributed by atoms with Crippen LogP contribution in [-0.2, 0) is 0 Å². The molecule has 0 unspecified atom stereocenters. The van der Waals surface area contributed by atoms with Gasteiger partial charge in [0.2, 0.25) is 0 Å². The van der Waals surface area contributed by atoms with Crippen LogP contribution in [0.15, 0.2) is 187 Å². The molecule has 3 heteroatoms. The summed E-state index contributed by atoms with van der Waals surface area (Å²) in [5, 5.41) is 9.36. The molecule has 0 N–H and O–H groups in total. The smallest absolute Gasteiger partial charge is 0.135 e. The number of hydrogen-bond acceptors (Lipinski definition) is 3. The largest absolute Gasteiger partial charge is 0.456 e. The SMILES string of the molecule is c1cc(-c2cnc3c4ccccc4c4ccccc4c3n2)cc(-c2cccc3c(-c4ccc(-c5ccc6oc7ccccc7c6c5)cc4)cccc23)c1. The molecule has 0 bridgehead atoms. The zero-order valence-corrected chi connectivity index (χ0v) is 28.6. The summed E-state index contributed by atoms with van der Waals surface area (Å²) in [6.45, 7) is 0. The molecule has 11 aromatic rings. The molecule has 2 aromatic heterocycles. The minimum Gasteiger partial charge on any atom is -0.456 e. The van der Waals surface area contributed by atoms with Crippen molar-refractivity contribution in [1.29, 1.82) is 0 Å². The molecule has 0 aliphatic carbocycles. The Kier molecular flexibility index (Phi) is 6.55. The molecule has 0 aliphatic heterocycles. The van der Waals surface area contributed by atoms with E-state index < -0.39 is 0 Å². The Hall–Kier alpha value is -7.10. The third kappa shape index (κ3) is 4.75. The van der Waals surface area contributed by atoms with Gasteiger partial charge in [0.1, 0.15) is 11.2 Å². The zero-order valence-electron chi connectivity index (χ0n) is 28.6. The van der Waals surface area contributed by atoms with E-state index in [0.29, 0.717) is 0 Å². The number of nitrogens with zero attached hydrogens (tertiary/aromatic N) is 2. The standard InChI is InChI=1S/C50H30N2O/c1-3-15-43-40(12-1)41-13-2-4-16-44(41)50-49(43)51-30-46(52-50)35-11-7-10-34(28-35)37-18-9-19-38-36(17-8-20-39(37)38)32-24-22-31(23-25-32)33-26-27-48-45(29-33)42-14-5-6-21-47(42)53-48/h1-30H. The van der Waals surface area contributed by atoms with Gasteiger partial charge in [-0.3, -0.25) is 4.98 Å². The molecule has 0 spiro atoms. The lowest BCUT2D eigenvalue weighted by atomic mass is 9.91. The van der Waals surface area contributed by atoms with Crippen molar-refractivity contribution in [3.05, 3.63) is 182 Å². The Balaban J connectivity index is 0.972. The maximum atomic E-state index is 6.07. The molecular formula is C50H30N2O. The zero-order chi connectivity index (χ0) is 34.9. The third-order valence-electron chi connectivity index (χ3n) is 10.7. The Morgan fingerprint density at radius 1 is 0.321 bits per heavy atom. The fourth-order valence-corrected chi connectivity index (χ4v) is 8.17. The Bertz CT molecular complexity index is 3190. The van der Waals surface area contributed by atoms with Crippen molar-refractivity contribution in [3.8, 4) is 44.6 Å². The highest BCUT2D eigenvalue weighted by Gasteiger charge is 2.14. The van der Waals surface area contributed by atoms with Crippen molar-refractivity contribution in [2.24, 2.45) is 0 Å². The first kappa shape index (κ1) is 29.6. The molecule has 0 atom stereocenters. The predicted octanol–water partition coefficient (Wildman–Crippen LogP) is 13.7. The van der Waals surface area contributed by atoms with Crippen LogP contribution in [0.4, 0.5) is 0 Å². The van der Waals surface area contributed by atoms with Gasteiger partial charge in [0.25, 0.3) is 0 Å². The summed E-state index contributed by atoms with van der Waals surface area (Å²) in [6.07, 6.45) is 1.92. The molecule has 246 valence electrons. The first-order chi connectivity index (χ1) is 26.3. The Labute approximate surface area is 305 Å². The highest BCUT2D eigenvalue weighted by Crippen LogP contribution is 2.39. The lowest BCUT2D eigenvalue weighted by molar-refractivity contribution is 0.669. The molecule has 0 amide bonds. The van der Waals surface area contributed by atoms with E-state index in [4.69, 9.17) is 14.4 Å². The minimum atomic E-state index is 0.862. The summed E-state index contributed by atoms with van der Waals surface area (Å²) in [5.74, 6) is 0. The second-order valence-electron chi connectivity index (χ2n) is 13.7. The van der Waals surface area contributed by atoms with E-state index in [0.717, 1.165) is 60.6 Å². The van der Waals surface area contributed by atoms with Crippen LogP contribution < -0.4 is 0 Å². The predicted molar refractivity (Wildman–Crippen MR) is 221 cm³/mol. The molecular weight excluding hydrogens is 645 g/mol. The molecule has 53 heavy (non-hydrogen) atoms. The van der Waals surface area contributed by atoms with Crippen LogP contribution in [0.25, 0.3) is 110 Å². The quantitative estimate of drug-likeness (QED) is 0.174. The number of aromatic nitrogens is 2. The van der Waals surface area contributed by atoms with Crippen molar-refractivity contribution >= 4 is 65.3 Å². The number of benzene rings is 9. The number of fused-ring (bicyclic) bond motifs is 10. The van der Waals surface area contributed by atoms with Crippen molar-refractivity contribution in [2.75, 3.05) is 0 Å². The van der Waals surface area contributed by atoms with Gasteiger partial charge in [-0.15, -0.1) is 0 Å². The molecule has 0 aliphatic rings. The van der Waals surface area contributed by atoms with Crippen molar-refractivity contribution in [1.82, 2.24) is 9.97 Å². The highest BCUT2D eigenvalue weighted by atomic mass is 16.3. The normalized spacial score (nSPS) is 11.8. The van der Waals surface area contributed by atoms with Gasteiger partial charge >= 0.3 is 0 Å². The van der Waals surface area contributed by atoms with E-state index in [9.17, 15) is 0 Å². The van der Waals surface area contributed by atoms with Gasteiger partial charge in [-0.25, -0.2) is 4.98 Å². The summed E-state index contributed by atoms with van der Waals surface area (Å²) in [6, 6.07) is 62.5. The van der Waals surface area contributed by atoms with Crippen molar-refractivity contribution in [3.63, 3.8) is 0 Å². The maximum Gasteiger partial charge on any atom is 0.135 e. The molecule has 0 saturated carbocycles. The Morgan fingerprint density at radius 2 is 0.868 bits per heavy atom. The first-order valence-corrected chi connectivity index (χ1v) is 18.0. The molecule has 3 nitrogen and oxygen atoms in total. The van der Waals surface area contributed by atoms with E-state index in [1.54, 1.807) is 0 Å². The Morgan fingerprint density at radius 3 is 1.62 bits per heavy atom. The molecule has 0 saturated heterocycles. The van der Waals surface area contributed by atoms with Gasteiger partial charge in [-0.1, -0.05) is 152 Å². The van der Waals surface area contributed by atoms with Crippen LogP contribution >= 0.6 is 0 Å². The van der Waals surface area contributed by atoms with Crippen LogP contribution in [0.3, 0.4) is 0 Å². The number of furan rings is 1. The molecule has 0 fully saturated rings. The van der Waals surface area contributed by atoms with E-state index in [1.807, 2.05) is 18.3 Å². The van der Waals surface area contributed by atoms with Gasteiger partial charge < -0.3 is 4.42 Å². The van der Waals surface area contributed by atoms with E-state index >= 15 is 0 Å². The number of rotatable bonds is 4. The van der Waals surface area contributed by atoms with Gasteiger partial charge in [0.05, 0.1) is 22.9 Å². The van der Waals surface area contributed by atoms with Gasteiger partial charge in [-0.05, 0) is 79.2 Å². The highest BCUT2D eigenvalue weighted by molar-refractivity contribution is 6.23. The minimum absolute atomic E-state index is 0.862. The van der Waals surface area contributed by atoms with Crippen LogP contribution in [-0.4, -0.2) is 9.97 Å². The van der Waals surface area contributed by atoms with E-state index in [2.05, 4.69) is 164 Å². The summed E-state index contributed by atoms with van der Waals surface area (Å²) < 4.78 is 6.07. The van der Waals surface area contributed by atoms with Gasteiger partial charge in [-0.2, -0.15) is 0 Å². The van der Waals surface area contributed by atoms with Gasteiger partial charge in [0, 0.05) is 27.1 Å². The average Bonchev–Trinajstić information content (AvgIpc) is 3.61. The van der Waals surface area contributed by atoms with E-state index in [-0.39, 0.29) is 0 Å². The van der Waals surface area contributed by atoms with E-state index in [1.165, 1.54) is 49.4 Å².